The summed E-state index contributed by atoms with van der Waals surface area (Å²) >= 11 is 0. The van der Waals surface area contributed by atoms with Crippen LogP contribution >= 0.6 is 0 Å². The number of nitrogens with two attached hydrogens (primary N) is 1. The van der Waals surface area contributed by atoms with Gasteiger partial charge < -0.3 is 30.7 Å². The zero-order chi connectivity index (χ0) is 23.9. The van der Waals surface area contributed by atoms with Crippen LogP contribution < -0.4 is 11.1 Å². The average Bonchev–Trinajstić information content (AvgIpc) is 2.78. The lowest BCUT2D eigenvalue weighted by Gasteiger charge is -2.12. The second kappa shape index (κ2) is 14.1. The van der Waals surface area contributed by atoms with Crippen LogP contribution in [0, 0.1) is 0 Å². The van der Waals surface area contributed by atoms with Crippen LogP contribution in [0.2, 0.25) is 0 Å². The van der Waals surface area contributed by atoms with E-state index in [1.807, 2.05) is 35.6 Å². The van der Waals surface area contributed by atoms with Gasteiger partial charge >= 0.3 is 24.0 Å². The SMILES string of the molecule is COC(=O)[C@@H](N)Cc1ccccc1.O=C(O)C[C@H](NC(=O)OCc1ccccc1)C(=O)O. The van der Waals surface area contributed by atoms with Crippen molar-refractivity contribution in [2.45, 2.75) is 31.5 Å². The summed E-state index contributed by atoms with van der Waals surface area (Å²) < 4.78 is 9.30. The molecule has 1 amide bonds. The van der Waals surface area contributed by atoms with E-state index in [2.05, 4.69) is 4.74 Å². The van der Waals surface area contributed by atoms with Gasteiger partial charge in [-0.2, -0.15) is 0 Å². The third-order valence-corrected chi connectivity index (χ3v) is 3.98. The zero-order valence-corrected chi connectivity index (χ0v) is 17.5. The molecule has 0 saturated carbocycles. The Labute approximate surface area is 184 Å². The molecule has 0 fully saturated rings. The van der Waals surface area contributed by atoms with Crippen molar-refractivity contribution in [3.63, 3.8) is 0 Å². The number of nitrogens with one attached hydrogen (secondary N) is 1. The number of rotatable bonds is 9. The summed E-state index contributed by atoms with van der Waals surface area (Å²) in [6, 6.07) is 16.3. The van der Waals surface area contributed by atoms with Gasteiger partial charge in [-0.1, -0.05) is 60.7 Å². The van der Waals surface area contributed by atoms with E-state index in [0.717, 1.165) is 11.1 Å². The number of hydrogen-bond acceptors (Lipinski definition) is 7. The van der Waals surface area contributed by atoms with Crippen molar-refractivity contribution in [2.24, 2.45) is 5.73 Å². The minimum atomic E-state index is -1.51. The molecule has 0 radical (unpaired) electrons. The molecule has 2 atom stereocenters. The van der Waals surface area contributed by atoms with Crippen molar-refractivity contribution < 1.29 is 38.9 Å². The fourth-order valence-corrected chi connectivity index (χ4v) is 2.38. The Morgan fingerprint density at radius 1 is 0.938 bits per heavy atom. The first-order valence-electron chi connectivity index (χ1n) is 9.52. The molecule has 0 spiro atoms. The summed E-state index contributed by atoms with van der Waals surface area (Å²) in [5.74, 6) is -3.13. The number of amides is 1. The van der Waals surface area contributed by atoms with Gasteiger partial charge in [0, 0.05) is 0 Å². The number of carbonyl (C=O) groups excluding carboxylic acids is 2. The summed E-state index contributed by atoms with van der Waals surface area (Å²) in [5, 5.41) is 19.2. The van der Waals surface area contributed by atoms with Crippen molar-refractivity contribution in [1.82, 2.24) is 5.32 Å². The Morgan fingerprint density at radius 3 is 1.94 bits per heavy atom. The van der Waals surface area contributed by atoms with Crippen molar-refractivity contribution in [3.8, 4) is 0 Å². The molecule has 0 aliphatic heterocycles. The van der Waals surface area contributed by atoms with E-state index in [9.17, 15) is 19.2 Å². The zero-order valence-electron chi connectivity index (χ0n) is 17.5. The van der Waals surface area contributed by atoms with Crippen LogP contribution in [-0.4, -0.2) is 53.4 Å². The van der Waals surface area contributed by atoms with E-state index < -0.39 is 36.5 Å². The summed E-state index contributed by atoms with van der Waals surface area (Å²) in [6.07, 6.45) is -1.17. The molecule has 10 nitrogen and oxygen atoms in total. The number of methoxy groups -OCH3 is 1. The Morgan fingerprint density at radius 2 is 1.47 bits per heavy atom. The monoisotopic (exact) mass is 446 g/mol. The van der Waals surface area contributed by atoms with Gasteiger partial charge in [0.05, 0.1) is 13.5 Å². The van der Waals surface area contributed by atoms with Gasteiger partial charge in [-0.3, -0.25) is 9.59 Å². The fourth-order valence-electron chi connectivity index (χ4n) is 2.38. The molecular weight excluding hydrogens is 420 g/mol. The number of aliphatic carboxylic acids is 2. The van der Waals surface area contributed by atoms with E-state index >= 15 is 0 Å². The maximum Gasteiger partial charge on any atom is 0.408 e. The molecule has 2 aromatic carbocycles. The Balaban J connectivity index is 0.000000343. The lowest BCUT2D eigenvalue weighted by atomic mass is 10.1. The number of benzene rings is 2. The van der Waals surface area contributed by atoms with Gasteiger partial charge in [0.25, 0.3) is 0 Å². The van der Waals surface area contributed by atoms with Gasteiger partial charge in [-0.25, -0.2) is 9.59 Å². The Kier molecular flexibility index (Phi) is 11.5. The Hall–Kier alpha value is -3.92. The highest BCUT2D eigenvalue weighted by molar-refractivity contribution is 5.84. The number of esters is 1. The van der Waals surface area contributed by atoms with Crippen LogP contribution in [0.1, 0.15) is 17.5 Å². The summed E-state index contributed by atoms with van der Waals surface area (Å²) in [4.78, 5) is 43.4. The molecule has 5 N–H and O–H groups in total. The normalized spacial score (nSPS) is 11.7. The summed E-state index contributed by atoms with van der Waals surface area (Å²) in [6.45, 7) is -0.0217. The topological polar surface area (TPSA) is 165 Å². The second-order valence-corrected chi connectivity index (χ2v) is 6.51. The molecule has 32 heavy (non-hydrogen) atoms. The predicted molar refractivity (Wildman–Crippen MR) is 114 cm³/mol. The summed E-state index contributed by atoms with van der Waals surface area (Å²) in [7, 11) is 1.34. The highest BCUT2D eigenvalue weighted by Crippen LogP contribution is 2.03. The molecule has 0 aliphatic rings. The number of hydrogen-bond donors (Lipinski definition) is 4. The molecule has 2 aromatic rings. The van der Waals surface area contributed by atoms with Gasteiger partial charge in [-0.15, -0.1) is 0 Å². The molecule has 0 aliphatic carbocycles. The standard InChI is InChI=1S/C12H13NO6.C10H13NO2/c14-10(15)6-9(11(16)17)13-12(18)19-7-8-4-2-1-3-5-8;1-13-10(12)9(11)7-8-5-3-2-4-6-8/h1-5,9H,6-7H2,(H,13,18)(H,14,15)(H,16,17);2-6,9H,7,11H2,1H3/t2*9-/m00/s1. The average molecular weight is 446 g/mol. The van der Waals surface area contributed by atoms with Crippen molar-refractivity contribution in [2.75, 3.05) is 7.11 Å². The van der Waals surface area contributed by atoms with Crippen molar-refractivity contribution in [1.29, 1.82) is 0 Å². The van der Waals surface area contributed by atoms with E-state index in [4.69, 9.17) is 20.7 Å². The van der Waals surface area contributed by atoms with Gasteiger partial charge in [0.2, 0.25) is 0 Å². The van der Waals surface area contributed by atoms with Crippen LogP contribution in [0.5, 0.6) is 0 Å². The van der Waals surface area contributed by atoms with Crippen LogP contribution in [-0.2, 0) is 36.9 Å². The van der Waals surface area contributed by atoms with Crippen LogP contribution in [0.25, 0.3) is 0 Å². The third kappa shape index (κ3) is 10.7. The lowest BCUT2D eigenvalue weighted by Crippen LogP contribution is -2.42. The number of carboxylic acid groups (broad SMARTS) is 2. The number of carbonyl (C=O) groups is 4. The minimum Gasteiger partial charge on any atom is -0.481 e. The fraction of sp³-hybridized carbons (Fsp3) is 0.273. The summed E-state index contributed by atoms with van der Waals surface area (Å²) in [5.41, 5.74) is 7.37. The van der Waals surface area contributed by atoms with Crippen molar-refractivity contribution in [3.05, 3.63) is 71.8 Å². The molecule has 2 rings (SSSR count). The predicted octanol–water partition coefficient (Wildman–Crippen LogP) is 1.57. The number of alkyl carbamates (subject to hydrolysis) is 1. The van der Waals surface area contributed by atoms with E-state index in [1.165, 1.54) is 7.11 Å². The molecular formula is C22H26N2O8. The molecule has 0 aromatic heterocycles. The smallest absolute Gasteiger partial charge is 0.408 e. The molecule has 10 heteroatoms. The van der Waals surface area contributed by atoms with Gasteiger partial charge in [0.1, 0.15) is 18.7 Å². The van der Waals surface area contributed by atoms with E-state index in [-0.39, 0.29) is 12.6 Å². The van der Waals surface area contributed by atoms with E-state index in [0.29, 0.717) is 6.42 Å². The second-order valence-electron chi connectivity index (χ2n) is 6.51. The first-order chi connectivity index (χ1) is 15.2. The minimum absolute atomic E-state index is 0.0217. The number of ether oxygens (including phenoxy) is 2. The highest BCUT2D eigenvalue weighted by Gasteiger charge is 2.23. The van der Waals surface area contributed by atoms with Gasteiger partial charge in [-0.05, 0) is 17.5 Å². The van der Waals surface area contributed by atoms with E-state index in [1.54, 1.807) is 30.3 Å². The molecule has 0 bridgehead atoms. The molecule has 0 heterocycles. The quantitative estimate of drug-likeness (QED) is 0.418. The third-order valence-electron chi connectivity index (χ3n) is 3.98. The maximum atomic E-state index is 11.3. The molecule has 0 unspecified atom stereocenters. The van der Waals surface area contributed by atoms with Crippen LogP contribution in [0.3, 0.4) is 0 Å². The van der Waals surface area contributed by atoms with Crippen LogP contribution in [0.4, 0.5) is 4.79 Å². The van der Waals surface area contributed by atoms with Gasteiger partial charge in [0.15, 0.2) is 0 Å². The molecule has 0 saturated heterocycles. The van der Waals surface area contributed by atoms with Crippen molar-refractivity contribution >= 4 is 24.0 Å². The lowest BCUT2D eigenvalue weighted by molar-refractivity contribution is -0.145. The van der Waals surface area contributed by atoms with Crippen LogP contribution in [0.15, 0.2) is 60.7 Å². The molecule has 172 valence electrons. The maximum absolute atomic E-state index is 11.3. The Bertz CT molecular complexity index is 874. The largest absolute Gasteiger partial charge is 0.481 e. The first-order valence-corrected chi connectivity index (χ1v) is 9.52. The highest BCUT2D eigenvalue weighted by atomic mass is 16.5. The number of carboxylic acids is 2. The first kappa shape index (κ1) is 26.1.